The number of rotatable bonds is 2. The molecule has 0 fully saturated rings. The Kier molecular flexibility index (Phi) is 4.14. The number of hydrogen-bond acceptors (Lipinski definition) is 0. The summed E-state index contributed by atoms with van der Waals surface area (Å²) in [7, 11) is 0. The van der Waals surface area contributed by atoms with E-state index in [1.807, 2.05) is 24.3 Å². The highest BCUT2D eigenvalue weighted by molar-refractivity contribution is 6.08. The van der Waals surface area contributed by atoms with Gasteiger partial charge in [0.2, 0.25) is 0 Å². The van der Waals surface area contributed by atoms with E-state index in [0.29, 0.717) is 11.1 Å². The van der Waals surface area contributed by atoms with E-state index in [0.717, 1.165) is 40.1 Å². The van der Waals surface area contributed by atoms with Crippen molar-refractivity contribution in [3.05, 3.63) is 83.7 Å². The highest BCUT2D eigenvalue weighted by atomic mass is 19.4. The van der Waals surface area contributed by atoms with Crippen LogP contribution in [0.1, 0.15) is 18.1 Å². The van der Waals surface area contributed by atoms with Crippen molar-refractivity contribution in [1.82, 2.24) is 0 Å². The Balaban J connectivity index is 1.85. The summed E-state index contributed by atoms with van der Waals surface area (Å²) in [6.45, 7) is 2.08. The highest BCUT2D eigenvalue weighted by Gasteiger charge is 2.30. The average Bonchev–Trinajstić information content (AvgIpc) is 2.66. The van der Waals surface area contributed by atoms with E-state index in [-0.39, 0.29) is 0 Å². The fourth-order valence-electron chi connectivity index (χ4n) is 3.42. The van der Waals surface area contributed by atoms with Crippen molar-refractivity contribution in [3.8, 4) is 11.1 Å². The maximum absolute atomic E-state index is 14.8. The van der Waals surface area contributed by atoms with Crippen LogP contribution in [0.25, 0.3) is 32.7 Å². The first-order valence-electron chi connectivity index (χ1n) is 8.69. The van der Waals surface area contributed by atoms with E-state index in [4.69, 9.17) is 0 Å². The Bertz CT molecular complexity index is 1140. The highest BCUT2D eigenvalue weighted by Crippen LogP contribution is 2.34. The molecule has 0 amide bonds. The van der Waals surface area contributed by atoms with Crippen LogP contribution in [0.4, 0.5) is 17.6 Å². The van der Waals surface area contributed by atoms with Crippen LogP contribution >= 0.6 is 0 Å². The lowest BCUT2D eigenvalue weighted by molar-refractivity contribution is -0.137. The zero-order valence-electron chi connectivity index (χ0n) is 14.6. The third-order valence-electron chi connectivity index (χ3n) is 4.92. The first-order valence-corrected chi connectivity index (χ1v) is 8.69. The molecule has 0 atom stereocenters. The largest absolute Gasteiger partial charge is 0.416 e. The van der Waals surface area contributed by atoms with Gasteiger partial charge in [-0.2, -0.15) is 13.2 Å². The van der Waals surface area contributed by atoms with Crippen LogP contribution in [0.5, 0.6) is 0 Å². The van der Waals surface area contributed by atoms with Crippen LogP contribution in [-0.2, 0) is 12.6 Å². The van der Waals surface area contributed by atoms with Gasteiger partial charge in [0.1, 0.15) is 5.82 Å². The van der Waals surface area contributed by atoms with Crippen LogP contribution in [0.3, 0.4) is 0 Å². The molecule has 0 aliphatic heterocycles. The van der Waals surface area contributed by atoms with Crippen LogP contribution in [0, 0.1) is 5.82 Å². The molecule has 27 heavy (non-hydrogen) atoms. The molecule has 0 aromatic heterocycles. The molecule has 0 spiro atoms. The molecule has 0 N–H and O–H groups in total. The predicted molar refractivity (Wildman–Crippen MR) is 101 cm³/mol. The van der Waals surface area contributed by atoms with Gasteiger partial charge in [0.25, 0.3) is 0 Å². The van der Waals surface area contributed by atoms with Gasteiger partial charge in [-0.05, 0) is 63.4 Å². The summed E-state index contributed by atoms with van der Waals surface area (Å²) in [5.74, 6) is -0.450. The molecule has 0 unspecified atom stereocenters. The summed E-state index contributed by atoms with van der Waals surface area (Å²) in [6, 6.07) is 17.8. The monoisotopic (exact) mass is 368 g/mol. The van der Waals surface area contributed by atoms with Crippen LogP contribution in [0.2, 0.25) is 0 Å². The van der Waals surface area contributed by atoms with E-state index < -0.39 is 17.6 Å². The fraction of sp³-hybridized carbons (Fsp3) is 0.130. The molecule has 0 bridgehead atoms. The van der Waals surface area contributed by atoms with Gasteiger partial charge in [-0.3, -0.25) is 0 Å². The minimum absolute atomic E-state index is 0.292. The van der Waals surface area contributed by atoms with Gasteiger partial charge in [-0.25, -0.2) is 4.39 Å². The zero-order valence-corrected chi connectivity index (χ0v) is 14.6. The first-order chi connectivity index (χ1) is 12.9. The van der Waals surface area contributed by atoms with Crippen LogP contribution < -0.4 is 0 Å². The van der Waals surface area contributed by atoms with E-state index in [2.05, 4.69) is 13.0 Å². The summed E-state index contributed by atoms with van der Waals surface area (Å²) in [4.78, 5) is 0. The smallest absolute Gasteiger partial charge is 0.206 e. The lowest BCUT2D eigenvalue weighted by atomic mass is 9.95. The molecule has 0 heterocycles. The molecule has 4 aromatic carbocycles. The Morgan fingerprint density at radius 2 is 1.41 bits per heavy atom. The first kappa shape index (κ1) is 17.5. The Hall–Kier alpha value is -2.88. The maximum Gasteiger partial charge on any atom is 0.416 e. The molecule has 4 aromatic rings. The molecular formula is C23H16F4. The predicted octanol–water partition coefficient (Wildman–Crippen LogP) is 7.38. The van der Waals surface area contributed by atoms with Crippen molar-refractivity contribution in [3.63, 3.8) is 0 Å². The summed E-state index contributed by atoms with van der Waals surface area (Å²) in [6.07, 6.45) is -3.48. The van der Waals surface area contributed by atoms with Gasteiger partial charge in [0.05, 0.1) is 5.56 Å². The van der Waals surface area contributed by atoms with Crippen molar-refractivity contribution in [2.24, 2.45) is 0 Å². The molecule has 0 nitrogen and oxygen atoms in total. The summed E-state index contributed by atoms with van der Waals surface area (Å²) in [5.41, 5.74) is 1.18. The van der Waals surface area contributed by atoms with Gasteiger partial charge < -0.3 is 0 Å². The Morgan fingerprint density at radius 1 is 0.741 bits per heavy atom. The van der Waals surface area contributed by atoms with Gasteiger partial charge in [-0.15, -0.1) is 0 Å². The summed E-state index contributed by atoms with van der Waals surface area (Å²) < 4.78 is 53.0. The van der Waals surface area contributed by atoms with Crippen molar-refractivity contribution in [1.29, 1.82) is 0 Å². The molecule has 0 saturated heterocycles. The van der Waals surface area contributed by atoms with Gasteiger partial charge in [0.15, 0.2) is 0 Å². The van der Waals surface area contributed by atoms with Gasteiger partial charge >= 0.3 is 6.18 Å². The molecule has 4 heteroatoms. The SMILES string of the molecule is CCc1ccc2c(ccc3cc(-c4ccc(C(F)(F)F)cc4)c(F)cc32)c1. The second kappa shape index (κ2) is 6.38. The van der Waals surface area contributed by atoms with Gasteiger partial charge in [-0.1, -0.05) is 49.4 Å². The second-order valence-corrected chi connectivity index (χ2v) is 6.60. The van der Waals surface area contributed by atoms with Crippen molar-refractivity contribution in [2.75, 3.05) is 0 Å². The fourth-order valence-corrected chi connectivity index (χ4v) is 3.42. The third-order valence-corrected chi connectivity index (χ3v) is 4.92. The number of halogens is 4. The third kappa shape index (κ3) is 3.16. The standard InChI is InChI=1S/C23H16F4/c1-2-14-3-10-19-16(11-14)4-5-17-12-21(22(24)13-20(17)19)15-6-8-18(9-7-15)23(25,26)27/h3-13H,2H2,1H3. The maximum atomic E-state index is 14.8. The quantitative estimate of drug-likeness (QED) is 0.256. The van der Waals surface area contributed by atoms with Crippen LogP contribution in [-0.4, -0.2) is 0 Å². The zero-order chi connectivity index (χ0) is 19.2. The van der Waals surface area contributed by atoms with E-state index in [1.54, 1.807) is 6.07 Å². The van der Waals surface area contributed by atoms with Gasteiger partial charge in [0, 0.05) is 5.56 Å². The molecule has 0 radical (unpaired) electrons. The van der Waals surface area contributed by atoms with E-state index >= 15 is 0 Å². The van der Waals surface area contributed by atoms with Crippen LogP contribution in [0.15, 0.2) is 66.7 Å². The summed E-state index contributed by atoms with van der Waals surface area (Å²) >= 11 is 0. The minimum atomic E-state index is -4.41. The van der Waals surface area contributed by atoms with Crippen molar-refractivity contribution < 1.29 is 17.6 Å². The van der Waals surface area contributed by atoms with E-state index in [1.165, 1.54) is 23.8 Å². The lowest BCUT2D eigenvalue weighted by Gasteiger charge is -2.11. The molecule has 4 rings (SSSR count). The Labute approximate surface area is 154 Å². The number of aryl methyl sites for hydroxylation is 1. The molecule has 0 aliphatic carbocycles. The van der Waals surface area contributed by atoms with E-state index in [9.17, 15) is 17.6 Å². The molecule has 0 saturated carbocycles. The normalized spacial score (nSPS) is 12.0. The number of fused-ring (bicyclic) bond motifs is 3. The average molecular weight is 368 g/mol. The number of alkyl halides is 3. The Morgan fingerprint density at radius 3 is 2.04 bits per heavy atom. The molecule has 136 valence electrons. The summed E-state index contributed by atoms with van der Waals surface area (Å²) in [5, 5.41) is 3.65. The lowest BCUT2D eigenvalue weighted by Crippen LogP contribution is -2.04. The topological polar surface area (TPSA) is 0 Å². The molecule has 0 aliphatic rings. The number of benzene rings is 4. The minimum Gasteiger partial charge on any atom is -0.206 e. The number of hydrogen-bond donors (Lipinski definition) is 0. The van der Waals surface area contributed by atoms with Crippen molar-refractivity contribution >= 4 is 21.5 Å². The van der Waals surface area contributed by atoms with Crippen molar-refractivity contribution in [2.45, 2.75) is 19.5 Å². The second-order valence-electron chi connectivity index (χ2n) is 6.60. The molecular weight excluding hydrogens is 352 g/mol.